The van der Waals surface area contributed by atoms with Crippen LogP contribution in [-0.4, -0.2) is 62.3 Å². The molecule has 3 heterocycles. The fourth-order valence-electron chi connectivity index (χ4n) is 5.03. The summed E-state index contributed by atoms with van der Waals surface area (Å²) >= 11 is 0. The molecule has 2 bridgehead atoms. The van der Waals surface area contributed by atoms with Gasteiger partial charge < -0.3 is 14.2 Å². The first-order chi connectivity index (χ1) is 15.2. The summed E-state index contributed by atoms with van der Waals surface area (Å²) in [5.74, 6) is 3.15. The van der Waals surface area contributed by atoms with Crippen LogP contribution in [0.2, 0.25) is 0 Å². The number of fused-ring (bicyclic) bond motifs is 4. The lowest BCUT2D eigenvalue weighted by atomic mass is 9.95. The lowest BCUT2D eigenvalue weighted by Gasteiger charge is -2.45. The number of methoxy groups -OCH3 is 2. The Kier molecular flexibility index (Phi) is 7.15. The van der Waals surface area contributed by atoms with Gasteiger partial charge in [-0.15, -0.1) is 6.58 Å². The number of hydrogen-bond donors (Lipinski definition) is 0. The average molecular weight is 423 g/mol. The van der Waals surface area contributed by atoms with Gasteiger partial charge in [-0.1, -0.05) is 30.3 Å². The maximum atomic E-state index is 6.21. The van der Waals surface area contributed by atoms with Gasteiger partial charge in [0.25, 0.3) is 0 Å². The molecule has 3 saturated heterocycles. The predicted molar refractivity (Wildman–Crippen MR) is 124 cm³/mol. The molecule has 166 valence electrons. The molecular weight excluding hydrogens is 388 g/mol. The van der Waals surface area contributed by atoms with Crippen LogP contribution in [0.5, 0.6) is 17.2 Å². The topological polar surface area (TPSA) is 34.2 Å². The standard InChI is InChI=1S/C26H34N2O3/c1-4-14-27-18-25-21(19-31-23-8-6-5-7-9-23)10-12-22(27)17-28(25)16-20-11-13-24(29-2)15-26(20)30-3/h4-9,11,13,15,21-22,25H,1,10,12,14,16-19H2,2-3H3/t21-,22-,25+/m1/s1. The third-order valence-electron chi connectivity index (χ3n) is 6.71. The van der Waals surface area contributed by atoms with Crippen molar-refractivity contribution in [3.63, 3.8) is 0 Å². The van der Waals surface area contributed by atoms with Gasteiger partial charge in [0.15, 0.2) is 0 Å². The van der Waals surface area contributed by atoms with E-state index in [1.165, 1.54) is 18.4 Å². The van der Waals surface area contributed by atoms with E-state index in [4.69, 9.17) is 14.2 Å². The SMILES string of the molecule is C=CCN1C[C@H]2[C@@H](COc3ccccc3)CC[C@@H]1CN2Cc1ccc(OC)cc1OC. The van der Waals surface area contributed by atoms with Crippen molar-refractivity contribution in [2.24, 2.45) is 5.92 Å². The molecule has 0 aromatic heterocycles. The highest BCUT2D eigenvalue weighted by atomic mass is 16.5. The summed E-state index contributed by atoms with van der Waals surface area (Å²) in [5, 5.41) is 0. The van der Waals surface area contributed by atoms with Crippen LogP contribution in [0.3, 0.4) is 0 Å². The van der Waals surface area contributed by atoms with Crippen LogP contribution in [0.15, 0.2) is 61.2 Å². The number of rotatable bonds is 9. The molecule has 3 aliphatic rings. The van der Waals surface area contributed by atoms with Crippen LogP contribution in [0, 0.1) is 5.92 Å². The molecule has 0 unspecified atom stereocenters. The molecule has 0 radical (unpaired) electrons. The third-order valence-corrected chi connectivity index (χ3v) is 6.71. The average Bonchev–Trinajstić information content (AvgIpc) is 3.08. The zero-order valence-electron chi connectivity index (χ0n) is 18.7. The van der Waals surface area contributed by atoms with Gasteiger partial charge in [0.05, 0.1) is 20.8 Å². The number of piperazine rings is 1. The summed E-state index contributed by atoms with van der Waals surface area (Å²) in [4.78, 5) is 5.24. The second-order valence-electron chi connectivity index (χ2n) is 8.53. The maximum Gasteiger partial charge on any atom is 0.127 e. The Morgan fingerprint density at radius 2 is 1.81 bits per heavy atom. The van der Waals surface area contributed by atoms with Gasteiger partial charge in [0.2, 0.25) is 0 Å². The van der Waals surface area contributed by atoms with Crippen LogP contribution in [0.1, 0.15) is 18.4 Å². The molecule has 0 N–H and O–H groups in total. The van der Waals surface area contributed by atoms with Gasteiger partial charge in [0.1, 0.15) is 17.2 Å². The fourth-order valence-corrected chi connectivity index (χ4v) is 5.03. The van der Waals surface area contributed by atoms with Crippen molar-refractivity contribution in [1.82, 2.24) is 9.80 Å². The summed E-state index contributed by atoms with van der Waals surface area (Å²) in [6.07, 6.45) is 4.42. The molecule has 5 heteroatoms. The largest absolute Gasteiger partial charge is 0.497 e. The highest BCUT2D eigenvalue weighted by molar-refractivity contribution is 5.40. The Balaban J connectivity index is 1.53. The normalized spacial score (nSPS) is 23.9. The quantitative estimate of drug-likeness (QED) is 0.565. The van der Waals surface area contributed by atoms with Gasteiger partial charge in [-0.25, -0.2) is 0 Å². The van der Waals surface area contributed by atoms with Gasteiger partial charge in [-0.3, -0.25) is 9.80 Å². The second-order valence-corrected chi connectivity index (χ2v) is 8.53. The Labute approximate surface area is 186 Å². The first kappa shape index (κ1) is 21.7. The molecule has 0 amide bonds. The molecule has 2 aromatic carbocycles. The first-order valence-corrected chi connectivity index (χ1v) is 11.2. The number of nitrogens with zero attached hydrogens (tertiary/aromatic N) is 2. The zero-order chi connectivity index (χ0) is 21.6. The van der Waals surface area contributed by atoms with Crippen molar-refractivity contribution < 1.29 is 14.2 Å². The van der Waals surface area contributed by atoms with Crippen molar-refractivity contribution in [1.29, 1.82) is 0 Å². The van der Waals surface area contributed by atoms with Crippen molar-refractivity contribution >= 4 is 0 Å². The van der Waals surface area contributed by atoms with E-state index < -0.39 is 0 Å². The number of ether oxygens (including phenoxy) is 3. The van der Waals surface area contributed by atoms with E-state index in [0.717, 1.165) is 50.0 Å². The van der Waals surface area contributed by atoms with Gasteiger partial charge in [0, 0.05) is 55.8 Å². The van der Waals surface area contributed by atoms with Gasteiger partial charge in [-0.2, -0.15) is 0 Å². The van der Waals surface area contributed by atoms with Gasteiger partial charge >= 0.3 is 0 Å². The Bertz CT molecular complexity index is 857. The first-order valence-electron chi connectivity index (χ1n) is 11.2. The van der Waals surface area contributed by atoms with E-state index in [1.54, 1.807) is 14.2 Å². The van der Waals surface area contributed by atoms with Crippen LogP contribution in [0.4, 0.5) is 0 Å². The number of hydrogen-bond acceptors (Lipinski definition) is 5. The Morgan fingerprint density at radius 3 is 2.55 bits per heavy atom. The molecule has 3 aliphatic heterocycles. The molecule has 0 aliphatic carbocycles. The highest BCUT2D eigenvalue weighted by Crippen LogP contribution is 2.35. The molecule has 31 heavy (non-hydrogen) atoms. The Hall–Kier alpha value is -2.50. The summed E-state index contributed by atoms with van der Waals surface area (Å²) < 4.78 is 17.3. The van der Waals surface area contributed by atoms with E-state index in [9.17, 15) is 0 Å². The molecular formula is C26H34N2O3. The summed E-state index contributed by atoms with van der Waals surface area (Å²) in [7, 11) is 3.42. The van der Waals surface area contributed by atoms with E-state index >= 15 is 0 Å². The molecule has 0 saturated carbocycles. The summed E-state index contributed by atoms with van der Waals surface area (Å²) in [6.45, 7) is 8.67. The summed E-state index contributed by atoms with van der Waals surface area (Å²) in [5.41, 5.74) is 1.20. The van der Waals surface area contributed by atoms with E-state index in [-0.39, 0.29) is 0 Å². The molecule has 5 nitrogen and oxygen atoms in total. The van der Waals surface area contributed by atoms with E-state index in [2.05, 4.69) is 22.4 Å². The monoisotopic (exact) mass is 422 g/mol. The highest BCUT2D eigenvalue weighted by Gasteiger charge is 2.41. The van der Waals surface area contributed by atoms with Crippen LogP contribution in [0.25, 0.3) is 0 Å². The van der Waals surface area contributed by atoms with Crippen molar-refractivity contribution in [3.8, 4) is 17.2 Å². The lowest BCUT2D eigenvalue weighted by Crippen LogP contribution is -2.57. The van der Waals surface area contributed by atoms with Gasteiger partial charge in [-0.05, 0) is 31.0 Å². The number of benzene rings is 2. The predicted octanol–water partition coefficient (Wildman–Crippen LogP) is 4.23. The molecule has 0 spiro atoms. The minimum absolute atomic E-state index is 0.439. The van der Waals surface area contributed by atoms with Crippen molar-refractivity contribution in [2.45, 2.75) is 31.5 Å². The van der Waals surface area contributed by atoms with Crippen LogP contribution >= 0.6 is 0 Å². The zero-order valence-corrected chi connectivity index (χ0v) is 18.7. The Morgan fingerprint density at radius 1 is 0.968 bits per heavy atom. The second kappa shape index (κ2) is 10.2. The maximum absolute atomic E-state index is 6.21. The molecule has 3 fully saturated rings. The minimum Gasteiger partial charge on any atom is -0.497 e. The van der Waals surface area contributed by atoms with Crippen molar-refractivity contribution in [2.75, 3.05) is 40.5 Å². The molecule has 2 aromatic rings. The molecule has 3 atom stereocenters. The van der Waals surface area contributed by atoms with Crippen LogP contribution < -0.4 is 14.2 Å². The van der Waals surface area contributed by atoms with Crippen LogP contribution in [-0.2, 0) is 6.54 Å². The third kappa shape index (κ3) is 5.05. The van der Waals surface area contributed by atoms with E-state index in [1.807, 2.05) is 48.5 Å². The minimum atomic E-state index is 0.439. The van der Waals surface area contributed by atoms with E-state index in [0.29, 0.717) is 18.0 Å². The smallest absolute Gasteiger partial charge is 0.127 e. The molecule has 5 rings (SSSR count). The number of para-hydroxylation sites is 1. The fraction of sp³-hybridized carbons (Fsp3) is 0.462. The lowest BCUT2D eigenvalue weighted by molar-refractivity contribution is 0.0194. The summed E-state index contributed by atoms with van der Waals surface area (Å²) in [6, 6.07) is 17.3. The van der Waals surface area contributed by atoms with Crippen molar-refractivity contribution in [3.05, 3.63) is 66.7 Å².